The molecule has 0 saturated carbocycles. The zero-order valence-corrected chi connectivity index (χ0v) is 17.2. The van der Waals surface area contributed by atoms with Crippen LogP contribution in [0.5, 0.6) is 11.5 Å². The van der Waals surface area contributed by atoms with Crippen LogP contribution < -0.4 is 14.8 Å². The standard InChI is InChI=1S/C20H22INO4/c1-4-25-19-9-14(11-23)5-8-18(19)26-12-20(24)22-17-7-6-15(21)10-16(17)13(2)3/h5-11,13H,4,12H2,1-3H3,(H,22,24). The van der Waals surface area contributed by atoms with Gasteiger partial charge in [-0.2, -0.15) is 0 Å². The molecule has 2 aromatic rings. The largest absolute Gasteiger partial charge is 0.490 e. The maximum atomic E-state index is 12.3. The number of nitrogens with one attached hydrogen (secondary N) is 1. The van der Waals surface area contributed by atoms with Crippen LogP contribution in [0.1, 0.15) is 42.6 Å². The Morgan fingerprint density at radius 2 is 1.92 bits per heavy atom. The SMILES string of the molecule is CCOc1cc(C=O)ccc1OCC(=O)Nc1ccc(I)cc1C(C)C. The van der Waals surface area contributed by atoms with Gasteiger partial charge in [-0.15, -0.1) is 0 Å². The number of ether oxygens (including phenoxy) is 2. The Hall–Kier alpha value is -2.09. The second kappa shape index (κ2) is 9.56. The molecule has 0 saturated heterocycles. The molecule has 0 unspecified atom stereocenters. The normalized spacial score (nSPS) is 10.5. The van der Waals surface area contributed by atoms with Crippen LogP contribution in [0.3, 0.4) is 0 Å². The zero-order valence-electron chi connectivity index (χ0n) is 15.0. The first-order chi connectivity index (χ1) is 12.4. The van der Waals surface area contributed by atoms with Gasteiger partial charge in [0.05, 0.1) is 6.61 Å². The molecule has 138 valence electrons. The van der Waals surface area contributed by atoms with Gasteiger partial charge in [-0.3, -0.25) is 9.59 Å². The van der Waals surface area contributed by atoms with E-state index < -0.39 is 0 Å². The minimum atomic E-state index is -0.255. The second-order valence-electron chi connectivity index (χ2n) is 5.98. The smallest absolute Gasteiger partial charge is 0.262 e. The third-order valence-electron chi connectivity index (χ3n) is 3.67. The van der Waals surface area contributed by atoms with E-state index in [0.29, 0.717) is 29.6 Å². The van der Waals surface area contributed by atoms with Crippen molar-refractivity contribution in [2.75, 3.05) is 18.5 Å². The average Bonchev–Trinajstić information content (AvgIpc) is 2.62. The molecule has 0 radical (unpaired) electrons. The summed E-state index contributed by atoms with van der Waals surface area (Å²) in [5.41, 5.74) is 2.36. The number of hydrogen-bond donors (Lipinski definition) is 1. The maximum Gasteiger partial charge on any atom is 0.262 e. The number of anilines is 1. The molecule has 0 aliphatic rings. The van der Waals surface area contributed by atoms with E-state index in [2.05, 4.69) is 47.8 Å². The van der Waals surface area contributed by atoms with Crippen LogP contribution >= 0.6 is 22.6 Å². The highest BCUT2D eigenvalue weighted by Crippen LogP contribution is 2.29. The van der Waals surface area contributed by atoms with Crippen molar-refractivity contribution >= 4 is 40.5 Å². The molecule has 26 heavy (non-hydrogen) atoms. The third kappa shape index (κ3) is 5.45. The molecule has 0 bridgehead atoms. The molecule has 1 amide bonds. The fraction of sp³-hybridized carbons (Fsp3) is 0.300. The van der Waals surface area contributed by atoms with Crippen LogP contribution in [0, 0.1) is 3.57 Å². The predicted octanol–water partition coefficient (Wildman–Crippen LogP) is 4.64. The van der Waals surface area contributed by atoms with Gasteiger partial charge in [-0.05, 0) is 77.4 Å². The Morgan fingerprint density at radius 1 is 1.15 bits per heavy atom. The van der Waals surface area contributed by atoms with Gasteiger partial charge in [-0.1, -0.05) is 13.8 Å². The second-order valence-corrected chi connectivity index (χ2v) is 7.23. The Balaban J connectivity index is 2.07. The van der Waals surface area contributed by atoms with Gasteiger partial charge in [0.25, 0.3) is 5.91 Å². The van der Waals surface area contributed by atoms with Crippen molar-refractivity contribution in [1.29, 1.82) is 0 Å². The molecular weight excluding hydrogens is 445 g/mol. The van der Waals surface area contributed by atoms with E-state index >= 15 is 0 Å². The van der Waals surface area contributed by atoms with E-state index in [9.17, 15) is 9.59 Å². The molecule has 2 rings (SSSR count). The van der Waals surface area contributed by atoms with E-state index in [1.54, 1.807) is 18.2 Å². The van der Waals surface area contributed by atoms with Crippen molar-refractivity contribution < 1.29 is 19.1 Å². The number of carbonyl (C=O) groups is 2. The van der Waals surface area contributed by atoms with Gasteiger partial charge in [0.2, 0.25) is 0 Å². The lowest BCUT2D eigenvalue weighted by atomic mass is 10.0. The molecule has 0 fully saturated rings. The Bertz CT molecular complexity index is 789. The van der Waals surface area contributed by atoms with Crippen LogP contribution in [0.25, 0.3) is 0 Å². The molecule has 5 nitrogen and oxygen atoms in total. The minimum Gasteiger partial charge on any atom is -0.490 e. The summed E-state index contributed by atoms with van der Waals surface area (Å²) < 4.78 is 12.2. The minimum absolute atomic E-state index is 0.149. The Kier molecular flexibility index (Phi) is 7.44. The van der Waals surface area contributed by atoms with Crippen LogP contribution in [0.4, 0.5) is 5.69 Å². The summed E-state index contributed by atoms with van der Waals surface area (Å²) in [4.78, 5) is 23.2. The number of hydrogen-bond acceptors (Lipinski definition) is 4. The Labute approximate surface area is 167 Å². The van der Waals surface area contributed by atoms with Crippen LogP contribution in [0.15, 0.2) is 36.4 Å². The van der Waals surface area contributed by atoms with Crippen molar-refractivity contribution in [2.45, 2.75) is 26.7 Å². The molecule has 0 aliphatic heterocycles. The van der Waals surface area contributed by atoms with Crippen molar-refractivity contribution in [3.63, 3.8) is 0 Å². The number of carbonyl (C=O) groups excluding carboxylic acids is 2. The topological polar surface area (TPSA) is 64.6 Å². The first-order valence-electron chi connectivity index (χ1n) is 8.38. The molecule has 0 aromatic heterocycles. The molecule has 1 N–H and O–H groups in total. The average molecular weight is 467 g/mol. The van der Waals surface area contributed by atoms with E-state index in [1.807, 2.05) is 19.1 Å². The van der Waals surface area contributed by atoms with Gasteiger partial charge in [0.1, 0.15) is 6.29 Å². The summed E-state index contributed by atoms with van der Waals surface area (Å²) >= 11 is 2.25. The van der Waals surface area contributed by atoms with E-state index in [-0.39, 0.29) is 12.5 Å². The highest BCUT2D eigenvalue weighted by molar-refractivity contribution is 14.1. The van der Waals surface area contributed by atoms with Gasteiger partial charge in [0, 0.05) is 14.8 Å². The highest BCUT2D eigenvalue weighted by atomic mass is 127. The fourth-order valence-corrected chi connectivity index (χ4v) is 2.96. The summed E-state index contributed by atoms with van der Waals surface area (Å²) in [6.45, 7) is 6.30. The first-order valence-corrected chi connectivity index (χ1v) is 9.46. The van der Waals surface area contributed by atoms with Gasteiger partial charge in [0.15, 0.2) is 18.1 Å². The van der Waals surface area contributed by atoms with Crippen molar-refractivity contribution in [3.05, 3.63) is 51.1 Å². The zero-order chi connectivity index (χ0) is 19.1. The van der Waals surface area contributed by atoms with Gasteiger partial charge < -0.3 is 14.8 Å². The summed E-state index contributed by atoms with van der Waals surface area (Å²) in [6.07, 6.45) is 0.739. The molecule has 0 spiro atoms. The molecule has 6 heteroatoms. The van der Waals surface area contributed by atoms with Crippen LogP contribution in [-0.4, -0.2) is 25.4 Å². The van der Waals surface area contributed by atoms with Crippen molar-refractivity contribution in [2.24, 2.45) is 0 Å². The molecule has 0 heterocycles. The fourth-order valence-electron chi connectivity index (χ4n) is 2.44. The van der Waals surface area contributed by atoms with E-state index in [1.165, 1.54) is 0 Å². The van der Waals surface area contributed by atoms with Gasteiger partial charge >= 0.3 is 0 Å². The molecule has 2 aromatic carbocycles. The number of aldehydes is 1. The molecule has 0 atom stereocenters. The number of halogens is 1. The van der Waals surface area contributed by atoms with E-state index in [0.717, 1.165) is 21.1 Å². The predicted molar refractivity (Wildman–Crippen MR) is 110 cm³/mol. The first kappa shape index (κ1) is 20.2. The highest BCUT2D eigenvalue weighted by Gasteiger charge is 2.13. The number of amides is 1. The van der Waals surface area contributed by atoms with Crippen molar-refractivity contribution in [3.8, 4) is 11.5 Å². The summed E-state index contributed by atoms with van der Waals surface area (Å²) in [7, 11) is 0. The van der Waals surface area contributed by atoms with Crippen LogP contribution in [0.2, 0.25) is 0 Å². The monoisotopic (exact) mass is 467 g/mol. The summed E-state index contributed by atoms with van der Waals surface area (Å²) in [6, 6.07) is 10.8. The lowest BCUT2D eigenvalue weighted by Gasteiger charge is -2.15. The Morgan fingerprint density at radius 3 is 2.58 bits per heavy atom. The lowest BCUT2D eigenvalue weighted by molar-refractivity contribution is -0.118. The summed E-state index contributed by atoms with van der Waals surface area (Å²) in [5.74, 6) is 0.915. The lowest BCUT2D eigenvalue weighted by Crippen LogP contribution is -2.21. The third-order valence-corrected chi connectivity index (χ3v) is 4.34. The molecular formula is C20H22INO4. The number of rotatable bonds is 8. The summed E-state index contributed by atoms with van der Waals surface area (Å²) in [5, 5.41) is 2.90. The van der Waals surface area contributed by atoms with E-state index in [4.69, 9.17) is 9.47 Å². The van der Waals surface area contributed by atoms with Crippen molar-refractivity contribution in [1.82, 2.24) is 0 Å². The van der Waals surface area contributed by atoms with Crippen LogP contribution in [-0.2, 0) is 4.79 Å². The maximum absolute atomic E-state index is 12.3. The molecule has 0 aliphatic carbocycles. The number of benzene rings is 2. The van der Waals surface area contributed by atoms with Gasteiger partial charge in [-0.25, -0.2) is 0 Å². The quantitative estimate of drug-likeness (QED) is 0.454.